The highest BCUT2D eigenvalue weighted by atomic mass is 32.1. The predicted molar refractivity (Wildman–Crippen MR) is 35.1 cm³/mol. The van der Waals surface area contributed by atoms with Crippen molar-refractivity contribution in [3.05, 3.63) is 0 Å². The lowest BCUT2D eigenvalue weighted by Gasteiger charge is -1.69. The van der Waals surface area contributed by atoms with E-state index in [-0.39, 0.29) is 0 Å². The van der Waals surface area contributed by atoms with Crippen molar-refractivity contribution in [3.63, 3.8) is 0 Å². The van der Waals surface area contributed by atoms with Crippen LogP contribution in [0.1, 0.15) is 0 Å². The third-order valence-corrected chi connectivity index (χ3v) is 0.387. The minimum absolute atomic E-state index is 0.684. The second-order valence-corrected chi connectivity index (χ2v) is 1.30. The zero-order chi connectivity index (χ0) is 6.99. The number of nitrogens with two attached hydrogens (primary N) is 2. The van der Waals surface area contributed by atoms with Gasteiger partial charge in [-0.1, -0.05) is 0 Å². The summed E-state index contributed by atoms with van der Waals surface area (Å²) in [5, 5.41) is 7.19. The minimum atomic E-state index is -1.33. The maximum Gasteiger partial charge on any atom is 0.402 e. The second kappa shape index (κ2) is 9.77. The number of primary amides is 1. The van der Waals surface area contributed by atoms with Gasteiger partial charge in [-0.2, -0.15) is 12.6 Å². The summed E-state index contributed by atoms with van der Waals surface area (Å²) in [5.74, 6) is 0.792. The van der Waals surface area contributed by atoms with E-state index >= 15 is 0 Å². The zero-order valence-corrected chi connectivity index (χ0v) is 5.27. The van der Waals surface area contributed by atoms with E-state index in [2.05, 4.69) is 18.4 Å². The lowest BCUT2D eigenvalue weighted by atomic mass is 10.8. The van der Waals surface area contributed by atoms with Crippen molar-refractivity contribution in [1.82, 2.24) is 0 Å². The lowest BCUT2D eigenvalue weighted by molar-refractivity contribution is 0.205. The van der Waals surface area contributed by atoms with Crippen LogP contribution in [0.5, 0.6) is 0 Å². The Bertz CT molecular complexity index is 53.2. The molecule has 0 radical (unpaired) electrons. The van der Waals surface area contributed by atoms with Crippen LogP contribution >= 0.6 is 12.6 Å². The van der Waals surface area contributed by atoms with Gasteiger partial charge in [-0.3, -0.25) is 0 Å². The molecule has 50 valence electrons. The first-order valence-electron chi connectivity index (χ1n) is 1.94. The molecule has 0 spiro atoms. The van der Waals surface area contributed by atoms with E-state index in [4.69, 9.17) is 15.6 Å². The highest BCUT2D eigenvalue weighted by Crippen LogP contribution is 1.58. The SMILES string of the molecule is NC(=O)O.NCCS. The average Bonchev–Trinajstić information content (AvgIpc) is 1.65. The van der Waals surface area contributed by atoms with Gasteiger partial charge in [-0.25, -0.2) is 4.79 Å². The van der Waals surface area contributed by atoms with Gasteiger partial charge < -0.3 is 16.6 Å². The zero-order valence-electron chi connectivity index (χ0n) is 4.37. The van der Waals surface area contributed by atoms with Crippen molar-refractivity contribution in [2.24, 2.45) is 11.5 Å². The Labute approximate surface area is 53.3 Å². The molecule has 0 bridgehead atoms. The Morgan fingerprint density at radius 1 is 1.75 bits per heavy atom. The Hall–Kier alpha value is -0.420. The molecule has 1 amide bonds. The number of rotatable bonds is 1. The third-order valence-electron chi connectivity index (χ3n) is 0.129. The van der Waals surface area contributed by atoms with E-state index in [0.717, 1.165) is 5.75 Å². The van der Waals surface area contributed by atoms with Crippen LogP contribution in [0.2, 0.25) is 0 Å². The largest absolute Gasteiger partial charge is 0.465 e. The molecule has 0 rings (SSSR count). The van der Waals surface area contributed by atoms with E-state index in [1.54, 1.807) is 0 Å². The fraction of sp³-hybridized carbons (Fsp3) is 0.667. The number of carboxylic acid groups (broad SMARTS) is 1. The fourth-order valence-corrected chi connectivity index (χ4v) is 0. The maximum atomic E-state index is 8.78. The summed E-state index contributed by atoms with van der Waals surface area (Å²) in [7, 11) is 0. The van der Waals surface area contributed by atoms with Crippen molar-refractivity contribution in [3.8, 4) is 0 Å². The second-order valence-electron chi connectivity index (χ2n) is 0.851. The molecule has 5 heteroatoms. The molecule has 0 saturated carbocycles. The minimum Gasteiger partial charge on any atom is -0.465 e. The molecule has 0 unspecified atom stereocenters. The lowest BCUT2D eigenvalue weighted by Crippen LogP contribution is -2.03. The van der Waals surface area contributed by atoms with Gasteiger partial charge >= 0.3 is 6.09 Å². The standard InChI is InChI=1S/C2H7NS.CH3NO2/c3-1-2-4;2-1(3)4/h4H,1-3H2;2H2,(H,3,4). The van der Waals surface area contributed by atoms with E-state index in [1.807, 2.05) is 0 Å². The molecule has 8 heavy (non-hydrogen) atoms. The topological polar surface area (TPSA) is 89.3 Å². The molecular formula is C3H10N2O2S. The van der Waals surface area contributed by atoms with E-state index in [9.17, 15) is 0 Å². The number of carbonyl (C=O) groups is 1. The first kappa shape index (κ1) is 10.5. The first-order chi connectivity index (χ1) is 3.65. The van der Waals surface area contributed by atoms with Crippen LogP contribution < -0.4 is 11.5 Å². The Morgan fingerprint density at radius 3 is 1.88 bits per heavy atom. The highest BCUT2D eigenvalue weighted by Gasteiger charge is 1.65. The normalized spacial score (nSPS) is 6.75. The fourth-order valence-electron chi connectivity index (χ4n) is 0. The van der Waals surface area contributed by atoms with E-state index in [0.29, 0.717) is 6.54 Å². The summed E-state index contributed by atoms with van der Waals surface area (Å²) >= 11 is 3.80. The van der Waals surface area contributed by atoms with Crippen molar-refractivity contribution in [2.75, 3.05) is 12.3 Å². The van der Waals surface area contributed by atoms with Gasteiger partial charge in [0.25, 0.3) is 0 Å². The average molecular weight is 138 g/mol. The molecule has 0 aromatic carbocycles. The summed E-state index contributed by atoms with van der Waals surface area (Å²) in [6, 6.07) is 0. The van der Waals surface area contributed by atoms with Crippen LogP contribution in [0.4, 0.5) is 4.79 Å². The van der Waals surface area contributed by atoms with Crippen molar-refractivity contribution < 1.29 is 9.90 Å². The van der Waals surface area contributed by atoms with Gasteiger partial charge in [0.1, 0.15) is 0 Å². The van der Waals surface area contributed by atoms with Crippen LogP contribution in [0, 0.1) is 0 Å². The van der Waals surface area contributed by atoms with Crippen molar-refractivity contribution in [1.29, 1.82) is 0 Å². The molecule has 0 fully saturated rings. The van der Waals surface area contributed by atoms with Crippen LogP contribution in [-0.2, 0) is 0 Å². The van der Waals surface area contributed by atoms with Gasteiger partial charge in [0.05, 0.1) is 0 Å². The van der Waals surface area contributed by atoms with E-state index in [1.165, 1.54) is 0 Å². The molecule has 0 saturated heterocycles. The smallest absolute Gasteiger partial charge is 0.402 e. The number of hydrogen-bond acceptors (Lipinski definition) is 3. The summed E-state index contributed by atoms with van der Waals surface area (Å²) in [6.45, 7) is 0.684. The molecule has 0 atom stereocenters. The monoisotopic (exact) mass is 138 g/mol. The van der Waals surface area contributed by atoms with Gasteiger partial charge in [-0.05, 0) is 0 Å². The van der Waals surface area contributed by atoms with Gasteiger partial charge in [0, 0.05) is 12.3 Å². The molecule has 0 aromatic heterocycles. The Balaban J connectivity index is 0. The summed E-state index contributed by atoms with van der Waals surface area (Å²) < 4.78 is 0. The van der Waals surface area contributed by atoms with Crippen LogP contribution in [0.3, 0.4) is 0 Å². The number of amides is 1. The molecule has 0 heterocycles. The highest BCUT2D eigenvalue weighted by molar-refractivity contribution is 7.80. The van der Waals surface area contributed by atoms with E-state index < -0.39 is 6.09 Å². The molecule has 4 nitrogen and oxygen atoms in total. The predicted octanol–water partition coefficient (Wildman–Crippen LogP) is -0.502. The number of thiol groups is 1. The molecule has 0 aliphatic rings. The molecule has 5 N–H and O–H groups in total. The van der Waals surface area contributed by atoms with Gasteiger partial charge in [0.15, 0.2) is 0 Å². The Kier molecular flexibility index (Phi) is 12.9. The summed E-state index contributed by atoms with van der Waals surface area (Å²) in [6.07, 6.45) is -1.33. The quantitative estimate of drug-likeness (QED) is 0.368. The van der Waals surface area contributed by atoms with Crippen LogP contribution in [0.15, 0.2) is 0 Å². The summed E-state index contributed by atoms with van der Waals surface area (Å²) in [4.78, 5) is 8.78. The first-order valence-corrected chi connectivity index (χ1v) is 2.57. The van der Waals surface area contributed by atoms with Crippen molar-refractivity contribution in [2.45, 2.75) is 0 Å². The van der Waals surface area contributed by atoms with Crippen LogP contribution in [0.25, 0.3) is 0 Å². The van der Waals surface area contributed by atoms with Crippen LogP contribution in [-0.4, -0.2) is 23.5 Å². The van der Waals surface area contributed by atoms with Gasteiger partial charge in [-0.15, -0.1) is 0 Å². The molecule has 0 aromatic rings. The molecule has 0 aliphatic carbocycles. The van der Waals surface area contributed by atoms with Gasteiger partial charge in [0.2, 0.25) is 0 Å². The van der Waals surface area contributed by atoms with Crippen molar-refractivity contribution >= 4 is 18.7 Å². The number of hydrogen-bond donors (Lipinski definition) is 4. The maximum absolute atomic E-state index is 8.78. The molecular weight excluding hydrogens is 128 g/mol. The third kappa shape index (κ3) is 348. The summed E-state index contributed by atoms with van der Waals surface area (Å²) in [5.41, 5.74) is 8.98. The molecule has 0 aliphatic heterocycles. The Morgan fingerprint density at radius 2 is 1.88 bits per heavy atom.